The highest BCUT2D eigenvalue weighted by Crippen LogP contribution is 2.28. The number of nitrogens with zero attached hydrogens (tertiary/aromatic N) is 1. The van der Waals surface area contributed by atoms with Crippen LogP contribution in [0.15, 0.2) is 47.6 Å². The smallest absolute Gasteiger partial charge is 0.332 e. The number of benzene rings is 2. The molecule has 6 nitrogen and oxygen atoms in total. The van der Waals surface area contributed by atoms with Gasteiger partial charge in [-0.2, -0.15) is 5.10 Å². The molecule has 23 heavy (non-hydrogen) atoms. The van der Waals surface area contributed by atoms with Crippen molar-refractivity contribution in [2.75, 3.05) is 7.11 Å². The summed E-state index contributed by atoms with van der Waals surface area (Å²) in [7, 11) is 1.49. The van der Waals surface area contributed by atoms with E-state index in [1.807, 2.05) is 0 Å². The van der Waals surface area contributed by atoms with E-state index in [0.29, 0.717) is 22.6 Å². The van der Waals surface area contributed by atoms with Gasteiger partial charge in [-0.05, 0) is 29.8 Å². The Kier molecular flexibility index (Phi) is 5.51. The maximum atomic E-state index is 13.6. The zero-order chi connectivity index (χ0) is 16.7. The van der Waals surface area contributed by atoms with Crippen molar-refractivity contribution in [1.29, 1.82) is 0 Å². The molecule has 0 unspecified atom stereocenters. The minimum absolute atomic E-state index is 0.0830. The van der Waals surface area contributed by atoms with Gasteiger partial charge in [0, 0.05) is 5.56 Å². The number of hydrogen-bond donors (Lipinski definition) is 2. The lowest BCUT2D eigenvalue weighted by atomic mass is 10.2. The summed E-state index contributed by atoms with van der Waals surface area (Å²) in [6.45, 7) is 0.0830. The molecule has 120 valence electrons. The maximum absolute atomic E-state index is 13.6. The zero-order valence-electron chi connectivity index (χ0n) is 12.5. The van der Waals surface area contributed by atoms with E-state index in [4.69, 9.17) is 15.2 Å². The van der Waals surface area contributed by atoms with Crippen molar-refractivity contribution in [2.45, 2.75) is 6.61 Å². The minimum Gasteiger partial charge on any atom is -0.493 e. The lowest BCUT2D eigenvalue weighted by molar-refractivity contribution is 0.249. The van der Waals surface area contributed by atoms with Crippen LogP contribution in [0.5, 0.6) is 11.5 Å². The molecule has 2 aromatic rings. The highest BCUT2D eigenvalue weighted by atomic mass is 19.1. The molecular weight excluding hydrogens is 301 g/mol. The van der Waals surface area contributed by atoms with Gasteiger partial charge < -0.3 is 15.2 Å². The van der Waals surface area contributed by atoms with Crippen LogP contribution in [0.3, 0.4) is 0 Å². The number of primary amides is 1. The van der Waals surface area contributed by atoms with Crippen LogP contribution in [0, 0.1) is 5.82 Å². The molecule has 0 spiro atoms. The number of nitrogens with one attached hydrogen (secondary N) is 1. The molecule has 3 N–H and O–H groups in total. The molecule has 7 heteroatoms. The number of carbonyl (C=O) groups excluding carboxylic acids is 1. The zero-order valence-corrected chi connectivity index (χ0v) is 12.5. The Morgan fingerprint density at radius 1 is 1.30 bits per heavy atom. The van der Waals surface area contributed by atoms with Crippen LogP contribution in [-0.4, -0.2) is 19.4 Å². The van der Waals surface area contributed by atoms with Crippen LogP contribution in [0.1, 0.15) is 11.1 Å². The summed E-state index contributed by atoms with van der Waals surface area (Å²) in [5.74, 6) is 0.605. The Hall–Kier alpha value is -3.09. The number of nitrogens with two attached hydrogens (primary N) is 1. The molecule has 2 amide bonds. The van der Waals surface area contributed by atoms with Gasteiger partial charge in [0.05, 0.1) is 13.3 Å². The first-order valence-corrected chi connectivity index (χ1v) is 6.73. The number of hydrazone groups is 1. The Morgan fingerprint density at radius 3 is 2.78 bits per heavy atom. The van der Waals surface area contributed by atoms with Crippen molar-refractivity contribution in [3.8, 4) is 11.5 Å². The second-order valence-electron chi connectivity index (χ2n) is 4.52. The first kappa shape index (κ1) is 16.3. The van der Waals surface area contributed by atoms with Gasteiger partial charge in [0.2, 0.25) is 0 Å². The van der Waals surface area contributed by atoms with E-state index in [1.54, 1.807) is 36.4 Å². The second kappa shape index (κ2) is 7.79. The molecule has 0 aliphatic heterocycles. The SMILES string of the molecule is COc1cc(/C=N/NC(N)=O)ccc1OCc1ccccc1F. The van der Waals surface area contributed by atoms with E-state index in [2.05, 4.69) is 10.5 Å². The fourth-order valence-electron chi connectivity index (χ4n) is 1.83. The van der Waals surface area contributed by atoms with Crippen molar-refractivity contribution in [2.24, 2.45) is 10.8 Å². The number of rotatable bonds is 6. The Bertz CT molecular complexity index is 719. The first-order valence-electron chi connectivity index (χ1n) is 6.73. The average molecular weight is 317 g/mol. The molecule has 0 radical (unpaired) electrons. The molecule has 2 aromatic carbocycles. The quantitative estimate of drug-likeness (QED) is 0.633. The lowest BCUT2D eigenvalue weighted by Gasteiger charge is -2.11. The summed E-state index contributed by atoms with van der Waals surface area (Å²) in [4.78, 5) is 10.5. The topological polar surface area (TPSA) is 85.9 Å². The number of ether oxygens (including phenoxy) is 2. The van der Waals surface area contributed by atoms with E-state index in [1.165, 1.54) is 19.4 Å². The molecule has 0 bridgehead atoms. The van der Waals surface area contributed by atoms with Gasteiger partial charge in [-0.3, -0.25) is 0 Å². The summed E-state index contributed by atoms with van der Waals surface area (Å²) < 4.78 is 24.4. The van der Waals surface area contributed by atoms with Crippen LogP contribution in [0.25, 0.3) is 0 Å². The van der Waals surface area contributed by atoms with Gasteiger partial charge in [0.25, 0.3) is 0 Å². The van der Waals surface area contributed by atoms with Crippen LogP contribution < -0.4 is 20.6 Å². The summed E-state index contributed by atoms with van der Waals surface area (Å²) in [6.07, 6.45) is 1.41. The largest absolute Gasteiger partial charge is 0.493 e. The Labute approximate surface area is 132 Å². The Morgan fingerprint density at radius 2 is 2.09 bits per heavy atom. The fraction of sp³-hybridized carbons (Fsp3) is 0.125. The number of hydrogen-bond acceptors (Lipinski definition) is 4. The van der Waals surface area contributed by atoms with E-state index in [9.17, 15) is 9.18 Å². The number of carbonyl (C=O) groups is 1. The highest BCUT2D eigenvalue weighted by molar-refractivity contribution is 5.82. The molecule has 0 aliphatic carbocycles. The second-order valence-corrected chi connectivity index (χ2v) is 4.52. The third-order valence-corrected chi connectivity index (χ3v) is 2.92. The van der Waals surface area contributed by atoms with Gasteiger partial charge in [-0.1, -0.05) is 18.2 Å². The molecule has 0 fully saturated rings. The fourth-order valence-corrected chi connectivity index (χ4v) is 1.83. The van der Waals surface area contributed by atoms with Gasteiger partial charge >= 0.3 is 6.03 Å². The van der Waals surface area contributed by atoms with E-state index in [-0.39, 0.29) is 12.4 Å². The minimum atomic E-state index is -0.752. The number of halogens is 1. The lowest BCUT2D eigenvalue weighted by Crippen LogP contribution is -2.24. The van der Waals surface area contributed by atoms with E-state index >= 15 is 0 Å². The van der Waals surface area contributed by atoms with E-state index in [0.717, 1.165) is 0 Å². The number of urea groups is 1. The van der Waals surface area contributed by atoms with Crippen LogP contribution in [0.4, 0.5) is 9.18 Å². The van der Waals surface area contributed by atoms with Gasteiger partial charge in [0.15, 0.2) is 11.5 Å². The normalized spacial score (nSPS) is 10.5. The molecule has 0 saturated heterocycles. The maximum Gasteiger partial charge on any atom is 0.332 e. The van der Waals surface area contributed by atoms with Crippen molar-refractivity contribution < 1.29 is 18.7 Å². The summed E-state index contributed by atoms with van der Waals surface area (Å²) in [5, 5.41) is 3.66. The third-order valence-electron chi connectivity index (χ3n) is 2.92. The Balaban J connectivity index is 2.09. The average Bonchev–Trinajstić information content (AvgIpc) is 2.54. The highest BCUT2D eigenvalue weighted by Gasteiger charge is 2.07. The van der Waals surface area contributed by atoms with Crippen LogP contribution in [0.2, 0.25) is 0 Å². The van der Waals surface area contributed by atoms with Crippen molar-refractivity contribution in [1.82, 2.24) is 5.43 Å². The predicted octanol–water partition coefficient (Wildman–Crippen LogP) is 2.42. The standard InChI is InChI=1S/C16H16FN3O3/c1-22-15-8-11(9-19-20-16(18)21)6-7-14(15)23-10-12-4-2-3-5-13(12)17/h2-9H,10H2,1H3,(H3,18,20,21)/b19-9+. The van der Waals surface area contributed by atoms with Gasteiger partial charge in [-0.15, -0.1) is 0 Å². The third kappa shape index (κ3) is 4.70. The number of methoxy groups -OCH3 is 1. The van der Waals surface area contributed by atoms with Gasteiger partial charge in [-0.25, -0.2) is 14.6 Å². The van der Waals surface area contributed by atoms with Gasteiger partial charge in [0.1, 0.15) is 12.4 Å². The molecule has 0 saturated carbocycles. The molecule has 0 aliphatic rings. The molecular formula is C16H16FN3O3. The molecule has 0 aromatic heterocycles. The first-order chi connectivity index (χ1) is 11.1. The van der Waals surface area contributed by atoms with Crippen molar-refractivity contribution >= 4 is 12.2 Å². The van der Waals surface area contributed by atoms with E-state index < -0.39 is 6.03 Å². The summed E-state index contributed by atoms with van der Waals surface area (Å²) in [5.41, 5.74) is 8.12. The number of amides is 2. The van der Waals surface area contributed by atoms with Crippen LogP contribution in [-0.2, 0) is 6.61 Å². The predicted molar refractivity (Wildman–Crippen MR) is 84.0 cm³/mol. The monoisotopic (exact) mass is 317 g/mol. The molecule has 0 heterocycles. The van der Waals surface area contributed by atoms with Crippen molar-refractivity contribution in [3.05, 3.63) is 59.4 Å². The summed E-state index contributed by atoms with van der Waals surface area (Å²) >= 11 is 0. The van der Waals surface area contributed by atoms with Crippen LogP contribution >= 0.6 is 0 Å². The van der Waals surface area contributed by atoms with Crippen molar-refractivity contribution in [3.63, 3.8) is 0 Å². The summed E-state index contributed by atoms with van der Waals surface area (Å²) in [6, 6.07) is 10.7. The molecule has 0 atom stereocenters. The molecule has 2 rings (SSSR count).